The average molecular weight is 268 g/mol. The lowest BCUT2D eigenvalue weighted by molar-refractivity contribution is -0.119. The molecular weight excluding hydrogens is 252 g/mol. The minimum atomic E-state index is -0.477. The van der Waals surface area contributed by atoms with E-state index in [2.05, 4.69) is 5.43 Å². The molecule has 0 radical (unpaired) electrons. The number of hydrazine groups is 1. The van der Waals surface area contributed by atoms with Crippen molar-refractivity contribution in [2.75, 3.05) is 0 Å². The second kappa shape index (κ2) is 6.54. The molecule has 1 amide bonds. The van der Waals surface area contributed by atoms with Crippen LogP contribution in [0.1, 0.15) is 11.1 Å². The topological polar surface area (TPSA) is 64.3 Å². The van der Waals surface area contributed by atoms with Gasteiger partial charge in [-0.15, -0.1) is 0 Å². The van der Waals surface area contributed by atoms with E-state index in [0.29, 0.717) is 5.75 Å². The zero-order chi connectivity index (χ0) is 14.4. The van der Waals surface area contributed by atoms with Crippen molar-refractivity contribution < 1.29 is 9.53 Å². The predicted molar refractivity (Wildman–Crippen MR) is 78.6 cm³/mol. The Labute approximate surface area is 117 Å². The summed E-state index contributed by atoms with van der Waals surface area (Å²) in [5, 5.41) is 0. The molecule has 0 saturated heterocycles. The van der Waals surface area contributed by atoms with Crippen LogP contribution in [0.5, 0.6) is 5.75 Å². The van der Waals surface area contributed by atoms with Crippen molar-refractivity contribution in [2.24, 2.45) is 5.84 Å². The smallest absolute Gasteiger partial charge is 0.300 e. The zero-order valence-corrected chi connectivity index (χ0v) is 11.2. The van der Waals surface area contributed by atoms with Crippen LogP contribution < -0.4 is 16.0 Å². The zero-order valence-electron chi connectivity index (χ0n) is 11.2. The van der Waals surface area contributed by atoms with Gasteiger partial charge in [0.15, 0.2) is 5.76 Å². The number of nitrogens with two attached hydrogens (primary N) is 1. The molecule has 0 bridgehead atoms. The van der Waals surface area contributed by atoms with Crippen molar-refractivity contribution in [3.05, 3.63) is 71.5 Å². The van der Waals surface area contributed by atoms with Crippen molar-refractivity contribution in [1.29, 1.82) is 0 Å². The van der Waals surface area contributed by atoms with Gasteiger partial charge in [-0.05, 0) is 36.3 Å². The first-order valence-electron chi connectivity index (χ1n) is 6.21. The minimum Gasteiger partial charge on any atom is -0.451 e. The number of carbonyl (C=O) groups is 1. The van der Waals surface area contributed by atoms with Crippen LogP contribution in [-0.4, -0.2) is 5.91 Å². The van der Waals surface area contributed by atoms with Crippen molar-refractivity contribution in [3.8, 4) is 5.75 Å². The molecule has 2 aromatic rings. The Hall–Kier alpha value is -2.59. The second-order valence-corrected chi connectivity index (χ2v) is 4.31. The van der Waals surface area contributed by atoms with Gasteiger partial charge in [-0.2, -0.15) is 0 Å². The monoisotopic (exact) mass is 268 g/mol. The van der Waals surface area contributed by atoms with Crippen molar-refractivity contribution >= 4 is 12.0 Å². The highest BCUT2D eigenvalue weighted by Crippen LogP contribution is 2.17. The molecule has 0 unspecified atom stereocenters. The van der Waals surface area contributed by atoms with Gasteiger partial charge in [0.25, 0.3) is 0 Å². The van der Waals surface area contributed by atoms with Crippen LogP contribution >= 0.6 is 0 Å². The summed E-state index contributed by atoms with van der Waals surface area (Å²) in [6.45, 7) is 1.95. The molecule has 0 aromatic heterocycles. The lowest BCUT2D eigenvalue weighted by Gasteiger charge is -2.09. The van der Waals surface area contributed by atoms with Crippen LogP contribution in [-0.2, 0) is 4.79 Å². The number of ether oxygens (including phenoxy) is 1. The quantitative estimate of drug-likeness (QED) is 0.294. The maximum atomic E-state index is 11.8. The molecule has 0 spiro atoms. The van der Waals surface area contributed by atoms with Crippen LogP contribution in [0, 0.1) is 6.92 Å². The van der Waals surface area contributed by atoms with E-state index >= 15 is 0 Å². The molecule has 3 N–H and O–H groups in total. The fraction of sp³-hybridized carbons (Fsp3) is 0.0625. The highest BCUT2D eigenvalue weighted by Gasteiger charge is 2.11. The van der Waals surface area contributed by atoms with E-state index < -0.39 is 5.91 Å². The Balaban J connectivity index is 2.29. The third-order valence-electron chi connectivity index (χ3n) is 2.67. The Kier molecular flexibility index (Phi) is 4.52. The summed E-state index contributed by atoms with van der Waals surface area (Å²) in [5.41, 5.74) is 4.00. The summed E-state index contributed by atoms with van der Waals surface area (Å²) >= 11 is 0. The van der Waals surface area contributed by atoms with Crippen molar-refractivity contribution in [1.82, 2.24) is 5.43 Å². The maximum absolute atomic E-state index is 11.8. The summed E-state index contributed by atoms with van der Waals surface area (Å²) in [5.74, 6) is 5.45. The second-order valence-electron chi connectivity index (χ2n) is 4.31. The molecule has 2 rings (SSSR count). The summed E-state index contributed by atoms with van der Waals surface area (Å²) in [6, 6.07) is 16.9. The van der Waals surface area contributed by atoms with Crippen LogP contribution in [0.25, 0.3) is 6.08 Å². The molecule has 102 valence electrons. The van der Waals surface area contributed by atoms with E-state index in [0.717, 1.165) is 11.1 Å². The summed E-state index contributed by atoms with van der Waals surface area (Å²) in [4.78, 5) is 11.8. The Morgan fingerprint density at radius 3 is 2.55 bits per heavy atom. The number of carbonyl (C=O) groups excluding carboxylic acids is 1. The first-order chi connectivity index (χ1) is 9.69. The molecule has 0 aliphatic carbocycles. The van der Waals surface area contributed by atoms with Gasteiger partial charge < -0.3 is 4.74 Å². The molecule has 0 aliphatic heterocycles. The minimum absolute atomic E-state index is 0.143. The standard InChI is InChI=1S/C16H16N2O2/c1-12-6-5-9-14(10-12)20-15(16(19)18-17)11-13-7-3-2-4-8-13/h2-11H,17H2,1H3,(H,18,19)/b15-11-. The van der Waals surface area contributed by atoms with Gasteiger partial charge in [-0.3, -0.25) is 10.2 Å². The van der Waals surface area contributed by atoms with E-state index in [4.69, 9.17) is 10.6 Å². The molecule has 2 aromatic carbocycles. The normalized spacial score (nSPS) is 11.0. The molecule has 0 saturated carbocycles. The van der Waals surface area contributed by atoms with E-state index in [1.165, 1.54) is 0 Å². The molecular formula is C16H16N2O2. The highest BCUT2D eigenvalue weighted by atomic mass is 16.5. The highest BCUT2D eigenvalue weighted by molar-refractivity contribution is 5.95. The number of hydrogen-bond donors (Lipinski definition) is 2. The number of amides is 1. The lowest BCUT2D eigenvalue weighted by atomic mass is 10.2. The van der Waals surface area contributed by atoms with E-state index in [1.807, 2.05) is 55.5 Å². The largest absolute Gasteiger partial charge is 0.451 e. The lowest BCUT2D eigenvalue weighted by Crippen LogP contribution is -2.33. The average Bonchev–Trinajstić information content (AvgIpc) is 2.47. The molecule has 4 heteroatoms. The SMILES string of the molecule is Cc1cccc(O/C(=C\c2ccccc2)C(=O)NN)c1. The maximum Gasteiger partial charge on any atom is 0.300 e. The fourth-order valence-corrected chi connectivity index (χ4v) is 1.72. The Morgan fingerprint density at radius 1 is 1.15 bits per heavy atom. The van der Waals surface area contributed by atoms with Crippen LogP contribution in [0.4, 0.5) is 0 Å². The van der Waals surface area contributed by atoms with Gasteiger partial charge in [0.05, 0.1) is 0 Å². The number of rotatable bonds is 4. The Bertz CT molecular complexity index is 621. The van der Waals surface area contributed by atoms with Gasteiger partial charge in [0.1, 0.15) is 5.75 Å². The number of aryl methyl sites for hydroxylation is 1. The third kappa shape index (κ3) is 3.70. The van der Waals surface area contributed by atoms with Gasteiger partial charge >= 0.3 is 5.91 Å². The van der Waals surface area contributed by atoms with Crippen molar-refractivity contribution in [3.63, 3.8) is 0 Å². The molecule has 20 heavy (non-hydrogen) atoms. The first kappa shape index (κ1) is 13.8. The third-order valence-corrected chi connectivity index (χ3v) is 2.67. The fourth-order valence-electron chi connectivity index (χ4n) is 1.72. The van der Waals surface area contributed by atoms with Gasteiger partial charge in [-0.25, -0.2) is 5.84 Å². The van der Waals surface area contributed by atoms with E-state index in [9.17, 15) is 4.79 Å². The molecule has 0 fully saturated rings. The molecule has 4 nitrogen and oxygen atoms in total. The number of nitrogens with one attached hydrogen (secondary N) is 1. The molecule has 0 heterocycles. The number of hydrogen-bond acceptors (Lipinski definition) is 3. The van der Waals surface area contributed by atoms with Gasteiger partial charge in [-0.1, -0.05) is 42.5 Å². The predicted octanol–water partition coefficient (Wildman–Crippen LogP) is 2.40. The van der Waals surface area contributed by atoms with Crippen LogP contribution in [0.3, 0.4) is 0 Å². The van der Waals surface area contributed by atoms with Crippen LogP contribution in [0.15, 0.2) is 60.4 Å². The summed E-state index contributed by atoms with van der Waals surface area (Å²) in [7, 11) is 0. The van der Waals surface area contributed by atoms with E-state index in [1.54, 1.807) is 12.1 Å². The number of benzene rings is 2. The van der Waals surface area contributed by atoms with E-state index in [-0.39, 0.29) is 5.76 Å². The van der Waals surface area contributed by atoms with Gasteiger partial charge in [0.2, 0.25) is 0 Å². The van der Waals surface area contributed by atoms with Crippen molar-refractivity contribution in [2.45, 2.75) is 6.92 Å². The summed E-state index contributed by atoms with van der Waals surface area (Å²) < 4.78 is 5.62. The molecule has 0 atom stereocenters. The molecule has 0 aliphatic rings. The Morgan fingerprint density at radius 2 is 1.90 bits per heavy atom. The first-order valence-corrected chi connectivity index (χ1v) is 6.21. The van der Waals surface area contributed by atoms with Crippen LogP contribution in [0.2, 0.25) is 0 Å². The summed E-state index contributed by atoms with van der Waals surface area (Å²) in [6.07, 6.45) is 1.64. The van der Waals surface area contributed by atoms with Gasteiger partial charge in [0, 0.05) is 0 Å².